The van der Waals surface area contributed by atoms with Gasteiger partial charge in [-0.1, -0.05) is 6.07 Å². The molecule has 1 fully saturated rings. The molecule has 2 heterocycles. The first-order valence-electron chi connectivity index (χ1n) is 8.70. The van der Waals surface area contributed by atoms with Gasteiger partial charge in [0.15, 0.2) is 0 Å². The van der Waals surface area contributed by atoms with E-state index in [1.54, 1.807) is 0 Å². The van der Waals surface area contributed by atoms with Gasteiger partial charge in [-0.2, -0.15) is 0 Å². The molecule has 1 aliphatic heterocycles. The number of hydrogen-bond donors (Lipinski definition) is 2. The summed E-state index contributed by atoms with van der Waals surface area (Å²) in [4.78, 5) is 17.8. The van der Waals surface area contributed by atoms with Crippen molar-refractivity contribution in [1.29, 1.82) is 0 Å². The second-order valence-electron chi connectivity index (χ2n) is 6.95. The molecule has 1 aromatic carbocycles. The van der Waals surface area contributed by atoms with Crippen molar-refractivity contribution in [3.05, 3.63) is 44.9 Å². The SMILES string of the molecule is Cc1nc(C)c(C(=O)N[C@H](c2ccc3c(c2)CCO3)C2CC(O)C2)s1. The van der Waals surface area contributed by atoms with Gasteiger partial charge in [0.05, 0.1) is 29.5 Å². The van der Waals surface area contributed by atoms with Crippen LogP contribution in [0, 0.1) is 19.8 Å². The normalized spacial score (nSPS) is 22.7. The summed E-state index contributed by atoms with van der Waals surface area (Å²) in [5.74, 6) is 1.12. The lowest BCUT2D eigenvalue weighted by Crippen LogP contribution is -2.41. The predicted molar refractivity (Wildman–Crippen MR) is 96.2 cm³/mol. The van der Waals surface area contributed by atoms with Gasteiger partial charge >= 0.3 is 0 Å². The van der Waals surface area contributed by atoms with Crippen LogP contribution in [-0.2, 0) is 6.42 Å². The molecule has 5 nitrogen and oxygen atoms in total. The minimum atomic E-state index is -0.255. The summed E-state index contributed by atoms with van der Waals surface area (Å²) in [6.07, 6.45) is 2.09. The zero-order valence-electron chi connectivity index (χ0n) is 14.4. The summed E-state index contributed by atoms with van der Waals surface area (Å²) < 4.78 is 5.59. The average molecular weight is 358 g/mol. The second-order valence-corrected chi connectivity index (χ2v) is 8.15. The summed E-state index contributed by atoms with van der Waals surface area (Å²) >= 11 is 1.43. The van der Waals surface area contributed by atoms with Gasteiger partial charge in [0, 0.05) is 6.42 Å². The van der Waals surface area contributed by atoms with E-state index in [2.05, 4.69) is 16.4 Å². The molecule has 0 unspecified atom stereocenters. The predicted octanol–water partition coefficient (Wildman–Crippen LogP) is 2.94. The molecule has 2 aliphatic rings. The lowest BCUT2D eigenvalue weighted by molar-refractivity contribution is 0.0235. The van der Waals surface area contributed by atoms with Crippen molar-refractivity contribution >= 4 is 17.2 Å². The number of amides is 1. The molecule has 2 N–H and O–H groups in total. The topological polar surface area (TPSA) is 71.5 Å². The molecule has 2 aromatic rings. The van der Waals surface area contributed by atoms with Crippen molar-refractivity contribution in [2.75, 3.05) is 6.61 Å². The number of rotatable bonds is 4. The first kappa shape index (κ1) is 16.5. The highest BCUT2D eigenvalue weighted by molar-refractivity contribution is 7.13. The summed E-state index contributed by atoms with van der Waals surface area (Å²) in [5, 5.41) is 13.8. The fourth-order valence-electron chi connectivity index (χ4n) is 3.72. The minimum absolute atomic E-state index is 0.0776. The molecule has 25 heavy (non-hydrogen) atoms. The summed E-state index contributed by atoms with van der Waals surface area (Å²) in [6, 6.07) is 6.07. The number of hydrogen-bond acceptors (Lipinski definition) is 5. The molecule has 1 aliphatic carbocycles. The molecule has 1 amide bonds. The molecular weight excluding hydrogens is 336 g/mol. The first-order valence-corrected chi connectivity index (χ1v) is 9.51. The standard InChI is InChI=1S/C19H22N2O3S/c1-10-18(25-11(2)20-10)19(23)21-17(14-8-15(22)9-14)13-3-4-16-12(7-13)5-6-24-16/h3-4,7,14-15,17,22H,5-6,8-9H2,1-2H3,(H,21,23)/t14?,15?,17-/m1/s1. The Balaban J connectivity index is 1.60. The molecule has 0 bridgehead atoms. The zero-order chi connectivity index (χ0) is 17.6. The molecule has 1 atom stereocenters. The van der Waals surface area contributed by atoms with Gasteiger partial charge in [0.1, 0.15) is 10.6 Å². The fourth-order valence-corrected chi connectivity index (χ4v) is 4.55. The Hall–Kier alpha value is -1.92. The van der Waals surface area contributed by atoms with E-state index < -0.39 is 0 Å². The van der Waals surface area contributed by atoms with E-state index >= 15 is 0 Å². The van der Waals surface area contributed by atoms with E-state index in [4.69, 9.17) is 4.74 Å². The molecule has 1 aromatic heterocycles. The highest BCUT2D eigenvalue weighted by Gasteiger charge is 2.36. The van der Waals surface area contributed by atoms with Crippen molar-refractivity contribution in [1.82, 2.24) is 10.3 Å². The molecule has 0 spiro atoms. The molecule has 6 heteroatoms. The largest absolute Gasteiger partial charge is 0.493 e. The number of carbonyl (C=O) groups excluding carboxylic acids is 1. The maximum Gasteiger partial charge on any atom is 0.263 e. The minimum Gasteiger partial charge on any atom is -0.493 e. The van der Waals surface area contributed by atoms with Crippen LogP contribution in [0.15, 0.2) is 18.2 Å². The number of aliphatic hydroxyl groups excluding tert-OH is 1. The number of thiazole rings is 1. The maximum atomic E-state index is 12.8. The lowest BCUT2D eigenvalue weighted by Gasteiger charge is -2.38. The molecular formula is C19H22N2O3S. The summed E-state index contributed by atoms with van der Waals surface area (Å²) in [6.45, 7) is 4.50. The number of fused-ring (bicyclic) bond motifs is 1. The van der Waals surface area contributed by atoms with E-state index in [0.717, 1.165) is 47.9 Å². The van der Waals surface area contributed by atoms with Gasteiger partial charge in [0.25, 0.3) is 5.91 Å². The Kier molecular flexibility index (Phi) is 4.25. The number of nitrogens with one attached hydrogen (secondary N) is 1. The third-order valence-electron chi connectivity index (χ3n) is 5.09. The van der Waals surface area contributed by atoms with Crippen LogP contribution in [-0.4, -0.2) is 28.7 Å². The Bertz CT molecular complexity index is 811. The lowest BCUT2D eigenvalue weighted by atomic mass is 9.75. The molecule has 1 saturated carbocycles. The van der Waals surface area contributed by atoms with Crippen molar-refractivity contribution in [3.63, 3.8) is 0 Å². The maximum absolute atomic E-state index is 12.8. The van der Waals surface area contributed by atoms with Crippen LogP contribution in [0.3, 0.4) is 0 Å². The third-order valence-corrected chi connectivity index (χ3v) is 6.16. The number of aliphatic hydroxyl groups is 1. The number of ether oxygens (including phenoxy) is 1. The monoisotopic (exact) mass is 358 g/mol. The molecule has 0 radical (unpaired) electrons. The van der Waals surface area contributed by atoms with E-state index in [-0.39, 0.29) is 24.0 Å². The van der Waals surface area contributed by atoms with Crippen LogP contribution in [0.5, 0.6) is 5.75 Å². The zero-order valence-corrected chi connectivity index (χ0v) is 15.2. The quantitative estimate of drug-likeness (QED) is 0.881. The number of aryl methyl sites for hydroxylation is 2. The fraction of sp³-hybridized carbons (Fsp3) is 0.474. The van der Waals surface area contributed by atoms with Crippen molar-refractivity contribution in [2.45, 2.75) is 45.3 Å². The Morgan fingerprint density at radius 1 is 1.40 bits per heavy atom. The number of nitrogens with zero attached hydrogens (tertiary/aromatic N) is 1. The van der Waals surface area contributed by atoms with E-state index in [1.165, 1.54) is 16.9 Å². The Morgan fingerprint density at radius 3 is 2.88 bits per heavy atom. The van der Waals surface area contributed by atoms with Gasteiger partial charge in [-0.05, 0) is 55.9 Å². The van der Waals surface area contributed by atoms with Crippen molar-refractivity contribution in [3.8, 4) is 5.75 Å². The Labute approximate surface area is 151 Å². The summed E-state index contributed by atoms with van der Waals surface area (Å²) in [7, 11) is 0. The van der Waals surface area contributed by atoms with Gasteiger partial charge in [0.2, 0.25) is 0 Å². The van der Waals surface area contributed by atoms with Crippen LogP contribution >= 0.6 is 11.3 Å². The van der Waals surface area contributed by atoms with Crippen molar-refractivity contribution < 1.29 is 14.6 Å². The van der Waals surface area contributed by atoms with Crippen LogP contribution in [0.1, 0.15) is 50.4 Å². The van der Waals surface area contributed by atoms with Crippen LogP contribution in [0.4, 0.5) is 0 Å². The average Bonchev–Trinajstić information content (AvgIpc) is 3.14. The van der Waals surface area contributed by atoms with Gasteiger partial charge < -0.3 is 15.2 Å². The highest BCUT2D eigenvalue weighted by Crippen LogP contribution is 2.40. The second kappa shape index (κ2) is 6.42. The molecule has 132 valence electrons. The van der Waals surface area contributed by atoms with Gasteiger partial charge in [-0.15, -0.1) is 11.3 Å². The first-order chi connectivity index (χ1) is 12.0. The van der Waals surface area contributed by atoms with Gasteiger partial charge in [-0.3, -0.25) is 4.79 Å². The molecule has 4 rings (SSSR count). The van der Waals surface area contributed by atoms with Crippen LogP contribution in [0.2, 0.25) is 0 Å². The summed E-state index contributed by atoms with van der Waals surface area (Å²) in [5.41, 5.74) is 3.06. The van der Waals surface area contributed by atoms with E-state index in [9.17, 15) is 9.90 Å². The number of benzene rings is 1. The van der Waals surface area contributed by atoms with Crippen LogP contribution in [0.25, 0.3) is 0 Å². The van der Waals surface area contributed by atoms with Gasteiger partial charge in [-0.25, -0.2) is 4.98 Å². The number of aromatic nitrogens is 1. The highest BCUT2D eigenvalue weighted by atomic mass is 32.1. The number of carbonyl (C=O) groups is 1. The van der Waals surface area contributed by atoms with E-state index in [0.29, 0.717) is 4.88 Å². The van der Waals surface area contributed by atoms with Crippen LogP contribution < -0.4 is 10.1 Å². The smallest absolute Gasteiger partial charge is 0.263 e. The van der Waals surface area contributed by atoms with Crippen molar-refractivity contribution in [2.24, 2.45) is 5.92 Å². The Morgan fingerprint density at radius 2 is 2.20 bits per heavy atom. The van der Waals surface area contributed by atoms with E-state index in [1.807, 2.05) is 26.0 Å². The molecule has 0 saturated heterocycles. The third kappa shape index (κ3) is 3.16.